The van der Waals surface area contributed by atoms with E-state index in [1.807, 2.05) is 6.92 Å². The topological polar surface area (TPSA) is 71.4 Å². The smallest absolute Gasteiger partial charge is 0.337 e. The van der Waals surface area contributed by atoms with Gasteiger partial charge < -0.3 is 5.11 Å². The van der Waals surface area contributed by atoms with Gasteiger partial charge in [0.2, 0.25) is 0 Å². The van der Waals surface area contributed by atoms with E-state index in [1.165, 1.54) is 18.2 Å². The van der Waals surface area contributed by atoms with E-state index in [0.29, 0.717) is 6.42 Å². The van der Waals surface area contributed by atoms with E-state index in [4.69, 9.17) is 5.11 Å². The Labute approximate surface area is 101 Å². The summed E-state index contributed by atoms with van der Waals surface area (Å²) in [6.07, 6.45) is 2.32. The van der Waals surface area contributed by atoms with Crippen LogP contribution in [0.15, 0.2) is 29.2 Å². The highest BCUT2D eigenvalue weighted by atomic mass is 32.2. The van der Waals surface area contributed by atoms with Gasteiger partial charge in [0.25, 0.3) is 0 Å². The second-order valence-electron chi connectivity index (χ2n) is 3.83. The summed E-state index contributed by atoms with van der Waals surface area (Å²) in [5.41, 5.74) is -0.149. The number of carboxylic acids is 1. The van der Waals surface area contributed by atoms with Gasteiger partial charge in [-0.3, -0.25) is 0 Å². The van der Waals surface area contributed by atoms with Crippen molar-refractivity contribution in [3.63, 3.8) is 0 Å². The molecule has 1 N–H and O–H groups in total. The summed E-state index contributed by atoms with van der Waals surface area (Å²) in [7, 11) is -3.49. The van der Waals surface area contributed by atoms with Gasteiger partial charge in [0, 0.05) is 0 Å². The summed E-state index contributed by atoms with van der Waals surface area (Å²) in [5, 5.41) is 8.94. The van der Waals surface area contributed by atoms with Crippen LogP contribution >= 0.6 is 0 Å². The summed E-state index contributed by atoms with van der Waals surface area (Å²) >= 11 is 0. The zero-order valence-corrected chi connectivity index (χ0v) is 10.5. The van der Waals surface area contributed by atoms with Crippen LogP contribution in [0.1, 0.15) is 36.5 Å². The first-order valence-electron chi connectivity index (χ1n) is 5.54. The van der Waals surface area contributed by atoms with Gasteiger partial charge in [-0.25, -0.2) is 13.2 Å². The van der Waals surface area contributed by atoms with E-state index in [-0.39, 0.29) is 16.2 Å². The highest BCUT2D eigenvalue weighted by Crippen LogP contribution is 2.18. The summed E-state index contributed by atoms with van der Waals surface area (Å²) in [6, 6.07) is 5.73. The molecule has 0 saturated heterocycles. The molecule has 0 saturated carbocycles. The second kappa shape index (κ2) is 5.82. The number of benzene rings is 1. The lowest BCUT2D eigenvalue weighted by Crippen LogP contribution is -2.12. The third-order valence-corrected chi connectivity index (χ3v) is 4.32. The second-order valence-corrected chi connectivity index (χ2v) is 5.90. The molecule has 5 heteroatoms. The van der Waals surface area contributed by atoms with Crippen molar-refractivity contribution >= 4 is 15.8 Å². The molecule has 0 spiro atoms. The van der Waals surface area contributed by atoms with E-state index in [9.17, 15) is 13.2 Å². The largest absolute Gasteiger partial charge is 0.478 e. The van der Waals surface area contributed by atoms with E-state index in [0.717, 1.165) is 12.8 Å². The minimum absolute atomic E-state index is 0.00509. The van der Waals surface area contributed by atoms with Gasteiger partial charge in [-0.05, 0) is 18.6 Å². The third kappa shape index (κ3) is 3.56. The number of hydrogen-bond donors (Lipinski definition) is 1. The van der Waals surface area contributed by atoms with Gasteiger partial charge in [0.15, 0.2) is 9.84 Å². The van der Waals surface area contributed by atoms with Crippen LogP contribution in [-0.4, -0.2) is 25.2 Å². The highest BCUT2D eigenvalue weighted by Gasteiger charge is 2.21. The fourth-order valence-corrected chi connectivity index (χ4v) is 3.15. The number of rotatable bonds is 6. The summed E-state index contributed by atoms with van der Waals surface area (Å²) < 4.78 is 23.9. The van der Waals surface area contributed by atoms with Gasteiger partial charge in [-0.2, -0.15) is 0 Å². The quantitative estimate of drug-likeness (QED) is 0.793. The van der Waals surface area contributed by atoms with Gasteiger partial charge in [-0.1, -0.05) is 31.9 Å². The molecule has 0 heterocycles. The van der Waals surface area contributed by atoms with Crippen molar-refractivity contribution in [3.8, 4) is 0 Å². The van der Waals surface area contributed by atoms with Crippen LogP contribution in [0.5, 0.6) is 0 Å². The minimum Gasteiger partial charge on any atom is -0.478 e. The first-order valence-corrected chi connectivity index (χ1v) is 7.19. The molecule has 0 aliphatic heterocycles. The van der Waals surface area contributed by atoms with Crippen molar-refractivity contribution in [1.29, 1.82) is 0 Å². The molecule has 94 valence electrons. The molecule has 17 heavy (non-hydrogen) atoms. The molecule has 1 rings (SSSR count). The number of carboxylic acid groups (broad SMARTS) is 1. The maximum Gasteiger partial charge on any atom is 0.337 e. The first-order chi connectivity index (χ1) is 7.99. The summed E-state index contributed by atoms with van der Waals surface area (Å²) in [5.74, 6) is -1.20. The number of sulfone groups is 1. The Bertz CT molecular complexity index is 491. The van der Waals surface area contributed by atoms with Crippen molar-refractivity contribution in [2.75, 3.05) is 5.75 Å². The molecule has 0 unspecified atom stereocenters. The lowest BCUT2D eigenvalue weighted by atomic mass is 10.2. The molecule has 4 nitrogen and oxygen atoms in total. The number of hydrogen-bond acceptors (Lipinski definition) is 3. The molecule has 0 aliphatic rings. The Hall–Kier alpha value is -1.36. The molecule has 0 aromatic heterocycles. The molecule has 1 aromatic rings. The van der Waals surface area contributed by atoms with Crippen molar-refractivity contribution < 1.29 is 18.3 Å². The normalized spacial score (nSPS) is 11.4. The van der Waals surface area contributed by atoms with Crippen LogP contribution in [0.2, 0.25) is 0 Å². The van der Waals surface area contributed by atoms with Crippen molar-refractivity contribution in [1.82, 2.24) is 0 Å². The molecule has 0 bridgehead atoms. The lowest BCUT2D eigenvalue weighted by Gasteiger charge is -2.07. The van der Waals surface area contributed by atoms with Gasteiger partial charge in [0.1, 0.15) is 0 Å². The van der Waals surface area contributed by atoms with Crippen molar-refractivity contribution in [2.45, 2.75) is 31.1 Å². The maximum atomic E-state index is 12.0. The van der Waals surface area contributed by atoms with E-state index < -0.39 is 15.8 Å². The van der Waals surface area contributed by atoms with Gasteiger partial charge in [-0.15, -0.1) is 0 Å². The van der Waals surface area contributed by atoms with Crippen LogP contribution in [-0.2, 0) is 9.84 Å². The fourth-order valence-electron chi connectivity index (χ4n) is 1.57. The molecular formula is C12H16O4S. The van der Waals surface area contributed by atoms with Crippen molar-refractivity contribution in [3.05, 3.63) is 29.8 Å². The Morgan fingerprint density at radius 2 is 1.88 bits per heavy atom. The average molecular weight is 256 g/mol. The predicted octanol–water partition coefficient (Wildman–Crippen LogP) is 2.35. The fraction of sp³-hybridized carbons (Fsp3) is 0.417. The number of aromatic carboxylic acids is 1. The first kappa shape index (κ1) is 13.7. The molecule has 0 fully saturated rings. The summed E-state index contributed by atoms with van der Waals surface area (Å²) in [4.78, 5) is 10.9. The van der Waals surface area contributed by atoms with Gasteiger partial charge >= 0.3 is 5.97 Å². The molecule has 1 aromatic carbocycles. The third-order valence-electron chi connectivity index (χ3n) is 2.47. The molecular weight excluding hydrogens is 240 g/mol. The van der Waals surface area contributed by atoms with Crippen molar-refractivity contribution in [2.24, 2.45) is 0 Å². The molecule has 0 amide bonds. The zero-order valence-electron chi connectivity index (χ0n) is 9.72. The standard InChI is InChI=1S/C12H16O4S/c1-2-3-6-9-17(15,16)11-8-5-4-7-10(11)12(13)14/h4-5,7-8H,2-3,6,9H2,1H3,(H,13,14). The van der Waals surface area contributed by atoms with E-state index in [1.54, 1.807) is 6.07 Å². The van der Waals surface area contributed by atoms with Crippen LogP contribution in [0.3, 0.4) is 0 Å². The Morgan fingerprint density at radius 3 is 2.47 bits per heavy atom. The van der Waals surface area contributed by atoms with E-state index in [2.05, 4.69) is 0 Å². The Balaban J connectivity index is 3.02. The maximum absolute atomic E-state index is 12.0. The molecule has 0 atom stereocenters. The number of carbonyl (C=O) groups is 1. The Kier molecular flexibility index (Phi) is 4.69. The van der Waals surface area contributed by atoms with Crippen LogP contribution in [0, 0.1) is 0 Å². The summed E-state index contributed by atoms with van der Waals surface area (Å²) in [6.45, 7) is 1.98. The monoisotopic (exact) mass is 256 g/mol. The van der Waals surface area contributed by atoms with Gasteiger partial charge in [0.05, 0.1) is 16.2 Å². The molecule has 0 aliphatic carbocycles. The highest BCUT2D eigenvalue weighted by molar-refractivity contribution is 7.91. The minimum atomic E-state index is -3.49. The zero-order chi connectivity index (χ0) is 12.9. The number of unbranched alkanes of at least 4 members (excludes halogenated alkanes) is 2. The predicted molar refractivity (Wildman–Crippen MR) is 65.0 cm³/mol. The van der Waals surface area contributed by atoms with Crippen LogP contribution in [0.4, 0.5) is 0 Å². The SMILES string of the molecule is CCCCCS(=O)(=O)c1ccccc1C(=O)O. The van der Waals surface area contributed by atoms with Crippen LogP contribution in [0.25, 0.3) is 0 Å². The Morgan fingerprint density at radius 1 is 1.24 bits per heavy atom. The lowest BCUT2D eigenvalue weighted by molar-refractivity contribution is 0.0692. The average Bonchev–Trinajstić information content (AvgIpc) is 2.29. The van der Waals surface area contributed by atoms with Crippen LogP contribution < -0.4 is 0 Å². The van der Waals surface area contributed by atoms with E-state index >= 15 is 0 Å². The molecule has 0 radical (unpaired) electrons.